The van der Waals surface area contributed by atoms with Crippen LogP contribution in [-0.2, 0) is 9.68 Å². The highest BCUT2D eigenvalue weighted by molar-refractivity contribution is 5.46. The summed E-state index contributed by atoms with van der Waals surface area (Å²) in [6, 6.07) is 7.69. The van der Waals surface area contributed by atoms with E-state index in [0.717, 1.165) is 11.4 Å². The standard InChI is InChI=1S/C15H23NO3/c1-11(2)17-13-9-7-12(8-10-13)16-18-14(3,4)15(5,6)19-16/h7-11H,1-6H3. The number of ether oxygens (including phenoxy) is 1. The maximum Gasteiger partial charge on any atom is 0.124 e. The molecule has 1 aliphatic heterocycles. The van der Waals surface area contributed by atoms with E-state index in [1.807, 2.05) is 65.8 Å². The Labute approximate surface area is 115 Å². The zero-order chi connectivity index (χ0) is 14.3. The van der Waals surface area contributed by atoms with Gasteiger partial charge in [-0.05, 0) is 65.8 Å². The van der Waals surface area contributed by atoms with Gasteiger partial charge in [-0.25, -0.2) is 9.68 Å². The van der Waals surface area contributed by atoms with Crippen molar-refractivity contribution in [3.05, 3.63) is 24.3 Å². The van der Waals surface area contributed by atoms with Crippen LogP contribution in [0.1, 0.15) is 41.5 Å². The Morgan fingerprint density at radius 1 is 0.947 bits per heavy atom. The van der Waals surface area contributed by atoms with Gasteiger partial charge in [-0.3, -0.25) is 0 Å². The lowest BCUT2D eigenvalue weighted by Crippen LogP contribution is -2.41. The molecule has 19 heavy (non-hydrogen) atoms. The van der Waals surface area contributed by atoms with E-state index in [2.05, 4.69) is 0 Å². The maximum absolute atomic E-state index is 5.84. The number of nitrogens with zero attached hydrogens (tertiary/aromatic N) is 1. The van der Waals surface area contributed by atoms with Gasteiger partial charge in [-0.1, -0.05) is 0 Å². The van der Waals surface area contributed by atoms with E-state index in [4.69, 9.17) is 14.4 Å². The number of rotatable bonds is 3. The molecule has 0 N–H and O–H groups in total. The maximum atomic E-state index is 5.84. The van der Waals surface area contributed by atoms with E-state index >= 15 is 0 Å². The first-order valence-electron chi connectivity index (χ1n) is 6.66. The minimum Gasteiger partial charge on any atom is -0.491 e. The first kappa shape index (κ1) is 14.2. The van der Waals surface area contributed by atoms with Gasteiger partial charge in [0.1, 0.15) is 17.0 Å². The summed E-state index contributed by atoms with van der Waals surface area (Å²) in [6.07, 6.45) is 0.169. The normalized spacial score (nSPS) is 20.9. The Morgan fingerprint density at radius 2 is 1.42 bits per heavy atom. The van der Waals surface area contributed by atoms with Gasteiger partial charge >= 0.3 is 0 Å². The summed E-state index contributed by atoms with van der Waals surface area (Å²) in [7, 11) is 0. The van der Waals surface area contributed by atoms with Crippen LogP contribution in [0.3, 0.4) is 0 Å². The second-order valence-corrected chi connectivity index (χ2v) is 6.12. The lowest BCUT2D eigenvalue weighted by molar-refractivity contribution is -0.0273. The molecular formula is C15H23NO3. The molecule has 1 heterocycles. The molecule has 1 aliphatic rings. The van der Waals surface area contributed by atoms with Gasteiger partial charge in [-0.15, -0.1) is 5.23 Å². The van der Waals surface area contributed by atoms with Gasteiger partial charge in [0, 0.05) is 0 Å². The molecular weight excluding hydrogens is 242 g/mol. The molecule has 1 saturated heterocycles. The monoisotopic (exact) mass is 265 g/mol. The summed E-state index contributed by atoms with van der Waals surface area (Å²) < 4.78 is 5.61. The van der Waals surface area contributed by atoms with Crippen LogP contribution in [0.4, 0.5) is 5.69 Å². The Morgan fingerprint density at radius 3 is 1.84 bits per heavy atom. The van der Waals surface area contributed by atoms with Crippen molar-refractivity contribution >= 4 is 5.69 Å². The lowest BCUT2D eigenvalue weighted by atomic mass is 9.90. The third kappa shape index (κ3) is 2.85. The zero-order valence-electron chi connectivity index (χ0n) is 12.6. The number of hydrogen-bond donors (Lipinski definition) is 0. The molecule has 0 aromatic heterocycles. The van der Waals surface area contributed by atoms with Crippen LogP contribution >= 0.6 is 0 Å². The molecule has 4 nitrogen and oxygen atoms in total. The molecule has 0 radical (unpaired) electrons. The average Bonchev–Trinajstić information content (AvgIpc) is 2.48. The fourth-order valence-corrected chi connectivity index (χ4v) is 1.68. The van der Waals surface area contributed by atoms with E-state index in [1.54, 1.807) is 0 Å². The van der Waals surface area contributed by atoms with Crippen molar-refractivity contribution in [3.8, 4) is 5.75 Å². The fourth-order valence-electron chi connectivity index (χ4n) is 1.68. The molecule has 0 atom stereocenters. The highest BCUT2D eigenvalue weighted by Crippen LogP contribution is 2.40. The number of hydrogen-bond acceptors (Lipinski definition) is 4. The molecule has 0 saturated carbocycles. The summed E-state index contributed by atoms with van der Waals surface area (Å²) in [5.41, 5.74) is 0.106. The summed E-state index contributed by atoms with van der Waals surface area (Å²) in [5.74, 6) is 0.844. The third-order valence-corrected chi connectivity index (χ3v) is 3.49. The van der Waals surface area contributed by atoms with Crippen molar-refractivity contribution in [2.24, 2.45) is 0 Å². The molecule has 106 valence electrons. The summed E-state index contributed by atoms with van der Waals surface area (Å²) in [6.45, 7) is 12.1. The zero-order valence-corrected chi connectivity index (χ0v) is 12.6. The molecule has 0 bridgehead atoms. The van der Waals surface area contributed by atoms with Crippen molar-refractivity contribution in [2.45, 2.75) is 58.8 Å². The molecule has 2 rings (SSSR count). The van der Waals surface area contributed by atoms with Gasteiger partial charge in [0.25, 0.3) is 0 Å². The van der Waals surface area contributed by atoms with Crippen molar-refractivity contribution in [3.63, 3.8) is 0 Å². The Hall–Kier alpha value is -1.26. The van der Waals surface area contributed by atoms with Gasteiger partial charge in [0.15, 0.2) is 0 Å². The lowest BCUT2D eigenvalue weighted by Gasteiger charge is -2.26. The smallest absolute Gasteiger partial charge is 0.124 e. The largest absolute Gasteiger partial charge is 0.491 e. The van der Waals surface area contributed by atoms with Crippen LogP contribution in [0.15, 0.2) is 24.3 Å². The van der Waals surface area contributed by atoms with Crippen molar-refractivity contribution in [2.75, 3.05) is 5.23 Å². The predicted molar refractivity (Wildman–Crippen MR) is 75.0 cm³/mol. The van der Waals surface area contributed by atoms with Crippen molar-refractivity contribution < 1.29 is 14.4 Å². The van der Waals surface area contributed by atoms with Crippen LogP contribution < -0.4 is 9.96 Å². The molecule has 0 unspecified atom stereocenters. The summed E-state index contributed by atoms with van der Waals surface area (Å²) in [5, 5.41) is 1.49. The third-order valence-electron chi connectivity index (χ3n) is 3.49. The molecule has 0 amide bonds. The molecule has 1 aromatic carbocycles. The van der Waals surface area contributed by atoms with Crippen LogP contribution in [0.2, 0.25) is 0 Å². The minimum atomic E-state index is -0.375. The van der Waals surface area contributed by atoms with Gasteiger partial charge < -0.3 is 4.74 Å². The van der Waals surface area contributed by atoms with Crippen molar-refractivity contribution in [1.29, 1.82) is 0 Å². The fraction of sp³-hybridized carbons (Fsp3) is 0.600. The molecule has 1 aromatic rings. The quantitative estimate of drug-likeness (QED) is 0.833. The second-order valence-electron chi connectivity index (χ2n) is 6.12. The molecule has 4 heteroatoms. The van der Waals surface area contributed by atoms with Gasteiger partial charge in [0.05, 0.1) is 11.8 Å². The molecule has 0 aliphatic carbocycles. The number of anilines is 1. The van der Waals surface area contributed by atoms with Crippen LogP contribution in [-0.4, -0.2) is 17.3 Å². The van der Waals surface area contributed by atoms with Crippen molar-refractivity contribution in [1.82, 2.24) is 0 Å². The van der Waals surface area contributed by atoms with E-state index in [1.165, 1.54) is 5.23 Å². The van der Waals surface area contributed by atoms with E-state index in [0.29, 0.717) is 0 Å². The molecule has 1 fully saturated rings. The first-order valence-corrected chi connectivity index (χ1v) is 6.66. The summed E-state index contributed by atoms with van der Waals surface area (Å²) >= 11 is 0. The Bertz CT molecular complexity index is 421. The van der Waals surface area contributed by atoms with Crippen LogP contribution in [0.25, 0.3) is 0 Å². The van der Waals surface area contributed by atoms with Crippen LogP contribution in [0.5, 0.6) is 5.75 Å². The SMILES string of the molecule is CC(C)Oc1ccc(N2OC(C)(C)C(C)(C)O2)cc1. The highest BCUT2D eigenvalue weighted by atomic mass is 17.0. The minimum absolute atomic E-state index is 0.169. The van der Waals surface area contributed by atoms with Gasteiger partial charge in [-0.2, -0.15) is 0 Å². The Balaban J connectivity index is 2.12. The predicted octanol–water partition coefficient (Wildman–Crippen LogP) is 3.71. The highest BCUT2D eigenvalue weighted by Gasteiger charge is 2.50. The van der Waals surface area contributed by atoms with Crippen LogP contribution in [0, 0.1) is 0 Å². The second kappa shape index (κ2) is 4.69. The Kier molecular flexibility index (Phi) is 3.49. The summed E-state index contributed by atoms with van der Waals surface area (Å²) in [4.78, 5) is 11.7. The van der Waals surface area contributed by atoms with E-state index in [9.17, 15) is 0 Å². The van der Waals surface area contributed by atoms with Gasteiger partial charge in [0.2, 0.25) is 0 Å². The number of benzene rings is 1. The molecule has 0 spiro atoms. The van der Waals surface area contributed by atoms with E-state index < -0.39 is 0 Å². The topological polar surface area (TPSA) is 30.9 Å². The van der Waals surface area contributed by atoms with E-state index in [-0.39, 0.29) is 17.3 Å². The average molecular weight is 265 g/mol. The first-order chi connectivity index (χ1) is 8.71.